The van der Waals surface area contributed by atoms with Gasteiger partial charge < -0.3 is 10.2 Å². The van der Waals surface area contributed by atoms with Gasteiger partial charge in [0.2, 0.25) is 10.0 Å². The number of benzene rings is 2. The van der Waals surface area contributed by atoms with Gasteiger partial charge in [0, 0.05) is 31.8 Å². The van der Waals surface area contributed by atoms with E-state index in [9.17, 15) is 27.3 Å². The van der Waals surface area contributed by atoms with Crippen LogP contribution in [0.2, 0.25) is 0 Å². The zero-order valence-electron chi connectivity index (χ0n) is 15.3. The molecule has 0 unspecified atom stereocenters. The number of nitrogens with one attached hydrogen (secondary N) is 2. The van der Waals surface area contributed by atoms with Gasteiger partial charge in [0.15, 0.2) is 0 Å². The maximum absolute atomic E-state index is 13.2. The minimum absolute atomic E-state index is 0.0295. The molecule has 0 spiro atoms. The van der Waals surface area contributed by atoms with Gasteiger partial charge in [-0.3, -0.25) is 10.1 Å². The first kappa shape index (κ1) is 21.7. The Labute approximate surface area is 161 Å². The topological polar surface area (TPSA) is 105 Å². The van der Waals surface area contributed by atoms with Crippen LogP contribution in [0.3, 0.4) is 0 Å². The maximum atomic E-state index is 13.2. The van der Waals surface area contributed by atoms with Crippen molar-refractivity contribution in [3.63, 3.8) is 0 Å². The molecule has 2 N–H and O–H groups in total. The van der Waals surface area contributed by atoms with Crippen LogP contribution < -0.4 is 10.0 Å². The average Bonchev–Trinajstić information content (AvgIpc) is 2.58. The Morgan fingerprint density at radius 1 is 1.11 bits per heavy atom. The van der Waals surface area contributed by atoms with Crippen LogP contribution in [0, 0.1) is 21.7 Å². The third-order valence-corrected chi connectivity index (χ3v) is 5.19. The normalized spacial score (nSPS) is 11.6. The number of nitrogens with zero attached hydrogens (tertiary/aromatic N) is 2. The lowest BCUT2D eigenvalue weighted by Crippen LogP contribution is -2.31. The van der Waals surface area contributed by atoms with E-state index in [0.717, 1.165) is 24.3 Å². The van der Waals surface area contributed by atoms with E-state index in [1.165, 1.54) is 12.1 Å². The summed E-state index contributed by atoms with van der Waals surface area (Å²) in [6, 6.07) is 6.31. The molecule has 11 heteroatoms. The van der Waals surface area contributed by atoms with Crippen LogP contribution >= 0.6 is 0 Å². The van der Waals surface area contributed by atoms with Crippen molar-refractivity contribution in [2.24, 2.45) is 0 Å². The van der Waals surface area contributed by atoms with Crippen molar-refractivity contribution in [1.29, 1.82) is 0 Å². The second kappa shape index (κ2) is 9.04. The molecule has 0 aliphatic carbocycles. The minimum Gasteiger partial charge on any atom is -0.375 e. The van der Waals surface area contributed by atoms with Crippen molar-refractivity contribution in [2.45, 2.75) is 11.4 Å². The van der Waals surface area contributed by atoms with Crippen LogP contribution in [-0.4, -0.2) is 45.4 Å². The Bertz CT molecular complexity index is 947. The summed E-state index contributed by atoms with van der Waals surface area (Å²) in [5, 5.41) is 14.1. The van der Waals surface area contributed by atoms with Gasteiger partial charge in [0.1, 0.15) is 17.3 Å². The molecule has 0 saturated heterocycles. The van der Waals surface area contributed by atoms with Crippen molar-refractivity contribution >= 4 is 21.4 Å². The van der Waals surface area contributed by atoms with Crippen LogP contribution in [-0.2, 0) is 16.6 Å². The van der Waals surface area contributed by atoms with Crippen molar-refractivity contribution in [3.05, 3.63) is 63.7 Å². The van der Waals surface area contributed by atoms with Gasteiger partial charge >= 0.3 is 0 Å². The summed E-state index contributed by atoms with van der Waals surface area (Å²) in [6.07, 6.45) is 0. The molecule has 2 rings (SSSR count). The van der Waals surface area contributed by atoms with E-state index in [0.29, 0.717) is 6.54 Å². The van der Waals surface area contributed by atoms with Gasteiger partial charge in [-0.25, -0.2) is 21.9 Å². The molecular formula is C17H20F2N4O4S. The first-order valence-electron chi connectivity index (χ1n) is 8.20. The molecule has 2 aromatic rings. The summed E-state index contributed by atoms with van der Waals surface area (Å²) in [4.78, 5) is 12.2. The van der Waals surface area contributed by atoms with E-state index in [1.54, 1.807) is 19.0 Å². The SMILES string of the molecule is CN(C)CCNS(=O)(=O)c1ccc(NCc2cc(F)cc(F)c2)c([N+](=O)[O-])c1. The van der Waals surface area contributed by atoms with Gasteiger partial charge in [-0.1, -0.05) is 0 Å². The second-order valence-corrected chi connectivity index (χ2v) is 8.04. The lowest BCUT2D eigenvalue weighted by molar-refractivity contribution is -0.384. The van der Waals surface area contributed by atoms with Crippen LogP contribution in [0.15, 0.2) is 41.3 Å². The fraction of sp³-hybridized carbons (Fsp3) is 0.294. The van der Waals surface area contributed by atoms with E-state index in [1.807, 2.05) is 0 Å². The summed E-state index contributed by atoms with van der Waals surface area (Å²) in [6.45, 7) is 0.530. The summed E-state index contributed by atoms with van der Waals surface area (Å²) >= 11 is 0. The highest BCUT2D eigenvalue weighted by Crippen LogP contribution is 2.28. The second-order valence-electron chi connectivity index (χ2n) is 6.27. The molecule has 0 atom stereocenters. The fourth-order valence-corrected chi connectivity index (χ4v) is 3.42. The molecule has 0 saturated carbocycles. The van der Waals surface area contributed by atoms with E-state index < -0.39 is 32.3 Å². The zero-order valence-corrected chi connectivity index (χ0v) is 16.1. The number of sulfonamides is 1. The highest BCUT2D eigenvalue weighted by Gasteiger charge is 2.21. The zero-order chi connectivity index (χ0) is 20.9. The molecular weight excluding hydrogens is 394 g/mol. The van der Waals surface area contributed by atoms with Gasteiger partial charge in [-0.05, 0) is 43.9 Å². The molecule has 8 nitrogen and oxygen atoms in total. The monoisotopic (exact) mass is 414 g/mol. The van der Waals surface area contributed by atoms with Crippen molar-refractivity contribution < 1.29 is 22.1 Å². The van der Waals surface area contributed by atoms with E-state index >= 15 is 0 Å². The minimum atomic E-state index is -3.92. The Morgan fingerprint density at radius 2 is 1.75 bits per heavy atom. The van der Waals surface area contributed by atoms with Crippen LogP contribution in [0.1, 0.15) is 5.56 Å². The molecule has 0 aromatic heterocycles. The highest BCUT2D eigenvalue weighted by atomic mass is 32.2. The Hall–Kier alpha value is -2.63. The molecule has 0 bridgehead atoms. The third kappa shape index (κ3) is 5.94. The molecule has 0 fully saturated rings. The molecule has 0 radical (unpaired) electrons. The first-order chi connectivity index (χ1) is 13.1. The van der Waals surface area contributed by atoms with E-state index in [-0.39, 0.29) is 29.2 Å². The summed E-state index contributed by atoms with van der Waals surface area (Å²) < 4.78 is 53.5. The molecule has 0 aliphatic heterocycles. The Kier molecular flexibility index (Phi) is 7.00. The fourth-order valence-electron chi connectivity index (χ4n) is 2.38. The Morgan fingerprint density at radius 3 is 2.32 bits per heavy atom. The third-order valence-electron chi connectivity index (χ3n) is 3.73. The largest absolute Gasteiger partial charge is 0.375 e. The van der Waals surface area contributed by atoms with Gasteiger partial charge in [-0.15, -0.1) is 0 Å². The maximum Gasteiger partial charge on any atom is 0.293 e. The number of nitro groups is 1. The predicted molar refractivity (Wildman–Crippen MR) is 101 cm³/mol. The first-order valence-corrected chi connectivity index (χ1v) is 9.68. The van der Waals surface area contributed by atoms with Gasteiger partial charge in [0.25, 0.3) is 5.69 Å². The number of anilines is 1. The summed E-state index contributed by atoms with van der Waals surface area (Å²) in [5.41, 5.74) is -0.192. The molecule has 152 valence electrons. The number of hydrogen-bond acceptors (Lipinski definition) is 6. The summed E-state index contributed by atoms with van der Waals surface area (Å²) in [7, 11) is -0.351. The highest BCUT2D eigenvalue weighted by molar-refractivity contribution is 7.89. The van der Waals surface area contributed by atoms with E-state index in [4.69, 9.17) is 0 Å². The van der Waals surface area contributed by atoms with Crippen molar-refractivity contribution in [3.8, 4) is 0 Å². The smallest absolute Gasteiger partial charge is 0.293 e. The average molecular weight is 414 g/mol. The standard InChI is InChI=1S/C17H20F2N4O4S/c1-22(2)6-5-21-28(26,27)15-3-4-16(17(10-15)23(24)25)20-11-12-7-13(18)9-14(19)8-12/h3-4,7-10,20-21H,5-6,11H2,1-2H3. The lowest BCUT2D eigenvalue weighted by Gasteiger charge is -2.12. The van der Waals surface area contributed by atoms with E-state index in [2.05, 4.69) is 10.0 Å². The molecule has 0 amide bonds. The number of rotatable bonds is 9. The molecule has 0 heterocycles. The van der Waals surface area contributed by atoms with Crippen molar-refractivity contribution in [2.75, 3.05) is 32.5 Å². The van der Waals surface area contributed by atoms with Crippen molar-refractivity contribution in [1.82, 2.24) is 9.62 Å². The lowest BCUT2D eigenvalue weighted by atomic mass is 10.2. The van der Waals surface area contributed by atoms with Crippen LogP contribution in [0.4, 0.5) is 20.2 Å². The molecule has 0 aliphatic rings. The molecule has 28 heavy (non-hydrogen) atoms. The number of nitro benzene ring substituents is 1. The number of halogens is 2. The molecule has 2 aromatic carbocycles. The summed E-state index contributed by atoms with van der Waals surface area (Å²) in [5.74, 6) is -1.53. The van der Waals surface area contributed by atoms with Crippen LogP contribution in [0.5, 0.6) is 0 Å². The van der Waals surface area contributed by atoms with Crippen LogP contribution in [0.25, 0.3) is 0 Å². The predicted octanol–water partition coefficient (Wildman–Crippen LogP) is 2.33. The Balaban J connectivity index is 2.21. The van der Waals surface area contributed by atoms with Gasteiger partial charge in [-0.2, -0.15) is 0 Å². The number of likely N-dealkylation sites (N-methyl/N-ethyl adjacent to an activating group) is 1. The number of hydrogen-bond donors (Lipinski definition) is 2. The van der Waals surface area contributed by atoms with Gasteiger partial charge in [0.05, 0.1) is 9.82 Å². The quantitative estimate of drug-likeness (QED) is 0.482.